The molecule has 200 valence electrons. The molecule has 1 aliphatic heterocycles. The molecular weight excluding hydrogens is 500 g/mol. The first-order valence-corrected chi connectivity index (χ1v) is 13.3. The summed E-state index contributed by atoms with van der Waals surface area (Å²) < 4.78 is 0. The summed E-state index contributed by atoms with van der Waals surface area (Å²) in [5, 5.41) is 25.4. The molecule has 6 nitrogen and oxygen atoms in total. The van der Waals surface area contributed by atoms with E-state index >= 15 is 0 Å². The SMILES string of the molecule is CC(C)[C@@H](NC(=O)c1cccc(-c2ccccc2O)c1)C(=O)N1CC[C@](O)(c2ccc(Cl)cc2)C(C)(C)C1. The Hall–Kier alpha value is -3.35. The van der Waals surface area contributed by atoms with Gasteiger partial charge in [-0.2, -0.15) is 0 Å². The van der Waals surface area contributed by atoms with Gasteiger partial charge >= 0.3 is 0 Å². The van der Waals surface area contributed by atoms with E-state index in [0.717, 1.165) is 5.56 Å². The standard InChI is InChI=1S/C31H35ClN2O4/c1-20(2)27(33-28(36)22-9-7-8-21(18-22)25-10-5-6-11-26(25)35)29(37)34-17-16-31(38,30(3,4)19-34)23-12-14-24(32)15-13-23/h5-15,18,20,27,35,38H,16-17,19H2,1-4H3,(H,33,36)/t27-,31+/m1/s1. The fourth-order valence-electron chi connectivity index (χ4n) is 5.25. The molecule has 0 saturated carbocycles. The lowest BCUT2D eigenvalue weighted by molar-refractivity contribution is -0.155. The summed E-state index contributed by atoms with van der Waals surface area (Å²) in [6, 6.07) is 20.4. The maximum atomic E-state index is 13.7. The third-order valence-electron chi connectivity index (χ3n) is 7.64. The lowest BCUT2D eigenvalue weighted by Gasteiger charge is -2.51. The Bertz CT molecular complexity index is 1320. The zero-order valence-corrected chi connectivity index (χ0v) is 23.0. The van der Waals surface area contributed by atoms with Crippen molar-refractivity contribution in [3.63, 3.8) is 0 Å². The smallest absolute Gasteiger partial charge is 0.251 e. The topological polar surface area (TPSA) is 89.9 Å². The molecule has 38 heavy (non-hydrogen) atoms. The highest BCUT2D eigenvalue weighted by Crippen LogP contribution is 2.46. The Morgan fingerprint density at radius 2 is 1.68 bits per heavy atom. The van der Waals surface area contributed by atoms with Gasteiger partial charge in [0.2, 0.25) is 5.91 Å². The largest absolute Gasteiger partial charge is 0.507 e. The van der Waals surface area contributed by atoms with Gasteiger partial charge in [0.25, 0.3) is 5.91 Å². The van der Waals surface area contributed by atoms with Gasteiger partial charge in [0.1, 0.15) is 11.8 Å². The van der Waals surface area contributed by atoms with Crippen LogP contribution in [0.25, 0.3) is 11.1 Å². The lowest BCUT2D eigenvalue weighted by atomic mass is 9.66. The molecule has 3 aromatic rings. The normalized spacial score (nSPS) is 19.7. The van der Waals surface area contributed by atoms with Crippen LogP contribution in [0.15, 0.2) is 72.8 Å². The summed E-state index contributed by atoms with van der Waals surface area (Å²) >= 11 is 6.05. The van der Waals surface area contributed by atoms with Crippen LogP contribution in [0.2, 0.25) is 5.02 Å². The summed E-state index contributed by atoms with van der Waals surface area (Å²) in [5.41, 5.74) is 0.767. The molecule has 0 unspecified atom stereocenters. The van der Waals surface area contributed by atoms with Crippen molar-refractivity contribution < 1.29 is 19.8 Å². The minimum Gasteiger partial charge on any atom is -0.507 e. The van der Waals surface area contributed by atoms with E-state index in [4.69, 9.17) is 11.6 Å². The molecule has 1 aliphatic rings. The van der Waals surface area contributed by atoms with E-state index < -0.39 is 17.1 Å². The first-order valence-electron chi connectivity index (χ1n) is 12.9. The zero-order valence-electron chi connectivity index (χ0n) is 22.2. The fourth-order valence-corrected chi connectivity index (χ4v) is 5.38. The second-order valence-electron chi connectivity index (χ2n) is 11.1. The molecule has 1 heterocycles. The highest BCUT2D eigenvalue weighted by atomic mass is 35.5. The Labute approximate surface area is 229 Å². The fraction of sp³-hybridized carbons (Fsp3) is 0.355. The van der Waals surface area contributed by atoms with Crippen LogP contribution in [0.5, 0.6) is 5.75 Å². The van der Waals surface area contributed by atoms with Gasteiger partial charge in [0.05, 0.1) is 5.60 Å². The van der Waals surface area contributed by atoms with Crippen molar-refractivity contribution in [1.29, 1.82) is 0 Å². The van der Waals surface area contributed by atoms with Crippen molar-refractivity contribution in [2.45, 2.75) is 45.8 Å². The number of carbonyl (C=O) groups is 2. The highest BCUT2D eigenvalue weighted by Gasteiger charge is 2.50. The van der Waals surface area contributed by atoms with E-state index in [9.17, 15) is 19.8 Å². The molecule has 3 N–H and O–H groups in total. The van der Waals surface area contributed by atoms with Gasteiger partial charge in [-0.25, -0.2) is 0 Å². The number of phenols is 1. The number of aliphatic hydroxyl groups is 1. The number of hydrogen-bond donors (Lipinski definition) is 3. The number of nitrogens with one attached hydrogen (secondary N) is 1. The molecule has 7 heteroatoms. The minimum atomic E-state index is -1.12. The van der Waals surface area contributed by atoms with Crippen LogP contribution in [0, 0.1) is 11.3 Å². The Morgan fingerprint density at radius 3 is 2.32 bits per heavy atom. The van der Waals surface area contributed by atoms with E-state index in [0.29, 0.717) is 41.2 Å². The van der Waals surface area contributed by atoms with E-state index in [1.807, 2.05) is 52.0 Å². The van der Waals surface area contributed by atoms with Gasteiger partial charge < -0.3 is 20.4 Å². The van der Waals surface area contributed by atoms with Crippen LogP contribution in [0.4, 0.5) is 0 Å². The van der Waals surface area contributed by atoms with E-state index in [1.165, 1.54) is 0 Å². The van der Waals surface area contributed by atoms with Crippen molar-refractivity contribution in [2.75, 3.05) is 13.1 Å². The van der Waals surface area contributed by atoms with Gasteiger partial charge in [0.15, 0.2) is 0 Å². The molecule has 1 fully saturated rings. The molecule has 0 aliphatic carbocycles. The van der Waals surface area contributed by atoms with Crippen molar-refractivity contribution in [3.8, 4) is 16.9 Å². The number of phenolic OH excluding ortho intramolecular Hbond substituents is 1. The maximum Gasteiger partial charge on any atom is 0.251 e. The number of aromatic hydroxyl groups is 1. The van der Waals surface area contributed by atoms with Crippen LogP contribution in [-0.4, -0.2) is 46.1 Å². The number of carbonyl (C=O) groups excluding carboxylic acids is 2. The first-order chi connectivity index (χ1) is 17.9. The van der Waals surface area contributed by atoms with Crippen molar-refractivity contribution in [3.05, 3.63) is 88.9 Å². The number of halogens is 1. The third kappa shape index (κ3) is 5.42. The number of hydrogen-bond acceptors (Lipinski definition) is 4. The Balaban J connectivity index is 1.51. The number of nitrogens with zero attached hydrogens (tertiary/aromatic N) is 1. The number of rotatable bonds is 6. The van der Waals surface area contributed by atoms with Gasteiger partial charge in [-0.3, -0.25) is 9.59 Å². The van der Waals surface area contributed by atoms with Crippen molar-refractivity contribution in [1.82, 2.24) is 10.2 Å². The summed E-state index contributed by atoms with van der Waals surface area (Å²) in [7, 11) is 0. The van der Waals surface area contributed by atoms with Gasteiger partial charge in [-0.15, -0.1) is 0 Å². The van der Waals surface area contributed by atoms with Crippen molar-refractivity contribution in [2.24, 2.45) is 11.3 Å². The summed E-state index contributed by atoms with van der Waals surface area (Å²) in [6.07, 6.45) is 0.370. The van der Waals surface area contributed by atoms with Gasteiger partial charge in [-0.1, -0.05) is 81.8 Å². The zero-order chi connectivity index (χ0) is 27.7. The quantitative estimate of drug-likeness (QED) is 0.383. The third-order valence-corrected chi connectivity index (χ3v) is 7.89. The van der Waals surface area contributed by atoms with E-state index in [1.54, 1.807) is 53.4 Å². The van der Waals surface area contributed by atoms with Crippen LogP contribution in [-0.2, 0) is 10.4 Å². The number of para-hydroxylation sites is 1. The van der Waals surface area contributed by atoms with Crippen LogP contribution in [0.1, 0.15) is 50.0 Å². The molecule has 3 aromatic carbocycles. The molecular formula is C31H35ClN2O4. The summed E-state index contributed by atoms with van der Waals surface area (Å²) in [5.74, 6) is -0.542. The second kappa shape index (κ2) is 10.8. The molecule has 1 saturated heterocycles. The second-order valence-corrected chi connectivity index (χ2v) is 11.5. The Kier molecular flexibility index (Phi) is 7.86. The number of likely N-dealkylation sites (tertiary alicyclic amines) is 1. The average molecular weight is 535 g/mol. The summed E-state index contributed by atoms with van der Waals surface area (Å²) in [4.78, 5) is 28.7. The molecule has 4 rings (SSSR count). The molecule has 0 bridgehead atoms. The monoisotopic (exact) mass is 534 g/mol. The highest BCUT2D eigenvalue weighted by molar-refractivity contribution is 6.30. The summed E-state index contributed by atoms with van der Waals surface area (Å²) in [6.45, 7) is 8.42. The average Bonchev–Trinajstić information content (AvgIpc) is 2.89. The van der Waals surface area contributed by atoms with E-state index in [2.05, 4.69) is 5.32 Å². The van der Waals surface area contributed by atoms with Crippen molar-refractivity contribution >= 4 is 23.4 Å². The van der Waals surface area contributed by atoms with Crippen LogP contribution >= 0.6 is 11.6 Å². The van der Waals surface area contributed by atoms with Crippen LogP contribution < -0.4 is 5.32 Å². The van der Waals surface area contributed by atoms with E-state index in [-0.39, 0.29) is 23.5 Å². The predicted molar refractivity (Wildman–Crippen MR) is 150 cm³/mol. The molecule has 2 atom stereocenters. The number of amides is 2. The maximum absolute atomic E-state index is 13.7. The van der Waals surface area contributed by atoms with Crippen LogP contribution in [0.3, 0.4) is 0 Å². The predicted octanol–water partition coefficient (Wildman–Crippen LogP) is 5.61. The molecule has 0 radical (unpaired) electrons. The first kappa shape index (κ1) is 27.7. The van der Waals surface area contributed by atoms with Gasteiger partial charge in [-0.05, 0) is 53.8 Å². The Morgan fingerprint density at radius 1 is 1.00 bits per heavy atom. The molecule has 0 spiro atoms. The minimum absolute atomic E-state index is 0.131. The molecule has 0 aromatic heterocycles. The number of piperidine rings is 1. The van der Waals surface area contributed by atoms with Gasteiger partial charge in [0, 0.05) is 34.7 Å². The number of benzene rings is 3. The lowest BCUT2D eigenvalue weighted by Crippen LogP contribution is -2.60. The molecule has 2 amide bonds.